The number of hydrogen-bond acceptors (Lipinski definition) is 4. The molecule has 0 spiro atoms. The zero-order valence-electron chi connectivity index (χ0n) is 9.77. The van der Waals surface area contributed by atoms with Crippen LogP contribution in [0.5, 0.6) is 0 Å². The summed E-state index contributed by atoms with van der Waals surface area (Å²) in [7, 11) is 3.62. The predicted octanol–water partition coefficient (Wildman–Crippen LogP) is 2.30. The molecule has 1 N–H and O–H groups in total. The van der Waals surface area contributed by atoms with Crippen LogP contribution in [0, 0.1) is 5.82 Å². The van der Waals surface area contributed by atoms with E-state index in [-0.39, 0.29) is 5.82 Å². The Morgan fingerprint density at radius 2 is 2.29 bits per heavy atom. The lowest BCUT2D eigenvalue weighted by Gasteiger charge is -2.14. The maximum atomic E-state index is 13.1. The Hall–Kier alpha value is -1.88. The first kappa shape index (κ1) is 11.6. The fourth-order valence-electron chi connectivity index (χ4n) is 1.51. The number of hydrogen-bond donors (Lipinski definition) is 1. The highest BCUT2D eigenvalue weighted by Crippen LogP contribution is 2.23. The number of rotatable bonds is 4. The molecular weight excluding hydrogens is 221 g/mol. The Kier molecular flexibility index (Phi) is 3.39. The van der Waals surface area contributed by atoms with Gasteiger partial charge < -0.3 is 9.73 Å². The van der Waals surface area contributed by atoms with Crippen LogP contribution < -0.4 is 10.2 Å². The molecule has 2 aromatic rings. The molecule has 0 saturated carbocycles. The van der Waals surface area contributed by atoms with Gasteiger partial charge in [0.1, 0.15) is 12.1 Å². The fourth-order valence-corrected chi connectivity index (χ4v) is 1.51. The van der Waals surface area contributed by atoms with Crippen molar-refractivity contribution in [3.05, 3.63) is 42.0 Å². The van der Waals surface area contributed by atoms with Crippen molar-refractivity contribution >= 4 is 11.7 Å². The number of anilines is 2. The van der Waals surface area contributed by atoms with E-state index >= 15 is 0 Å². The first-order chi connectivity index (χ1) is 8.20. The van der Waals surface area contributed by atoms with Crippen LogP contribution in [0.15, 0.2) is 34.9 Å². The molecule has 2 rings (SSSR count). The molecule has 1 aromatic carbocycles. The highest BCUT2D eigenvalue weighted by atomic mass is 19.1. The molecule has 4 nitrogen and oxygen atoms in total. The summed E-state index contributed by atoms with van der Waals surface area (Å²) in [5, 5.41) is 2.98. The number of aromatic nitrogens is 1. The molecule has 0 unspecified atom stereocenters. The highest BCUT2D eigenvalue weighted by Gasteiger charge is 2.10. The minimum Gasteiger partial charge on any atom is -0.431 e. The number of nitrogens with one attached hydrogen (secondary N) is 1. The predicted molar refractivity (Wildman–Crippen MR) is 63.7 cm³/mol. The first-order valence-corrected chi connectivity index (χ1v) is 5.29. The molecule has 1 aromatic heterocycles. The molecule has 17 heavy (non-hydrogen) atoms. The minimum absolute atomic E-state index is 0.281. The standard InChI is InChI=1S/C12H14FN3O/c1-14-7-10-8-17-12(15-10)16(2)11-5-3-4-9(13)6-11/h3-6,8,14H,7H2,1-2H3. The van der Waals surface area contributed by atoms with Crippen LogP contribution in [-0.2, 0) is 6.54 Å². The van der Waals surface area contributed by atoms with Crippen molar-refractivity contribution in [1.82, 2.24) is 10.3 Å². The average Bonchev–Trinajstić information content (AvgIpc) is 2.77. The van der Waals surface area contributed by atoms with Gasteiger partial charge in [-0.15, -0.1) is 0 Å². The van der Waals surface area contributed by atoms with Gasteiger partial charge in [0, 0.05) is 19.3 Å². The molecule has 0 bridgehead atoms. The van der Waals surface area contributed by atoms with Crippen molar-refractivity contribution in [3.8, 4) is 0 Å². The van der Waals surface area contributed by atoms with E-state index in [0.717, 1.165) is 5.69 Å². The Morgan fingerprint density at radius 3 is 3.00 bits per heavy atom. The third kappa shape index (κ3) is 2.62. The molecule has 0 saturated heterocycles. The second-order valence-corrected chi connectivity index (χ2v) is 3.69. The van der Waals surface area contributed by atoms with Crippen LogP contribution >= 0.6 is 0 Å². The van der Waals surface area contributed by atoms with Crippen LogP contribution in [0.2, 0.25) is 0 Å². The average molecular weight is 235 g/mol. The SMILES string of the molecule is CNCc1coc(N(C)c2cccc(F)c2)n1. The van der Waals surface area contributed by atoms with E-state index in [0.29, 0.717) is 18.2 Å². The Labute approximate surface area is 99.1 Å². The van der Waals surface area contributed by atoms with E-state index < -0.39 is 0 Å². The van der Waals surface area contributed by atoms with Gasteiger partial charge in [-0.2, -0.15) is 4.98 Å². The van der Waals surface area contributed by atoms with Gasteiger partial charge in [-0.25, -0.2) is 4.39 Å². The maximum Gasteiger partial charge on any atom is 0.301 e. The smallest absolute Gasteiger partial charge is 0.301 e. The largest absolute Gasteiger partial charge is 0.431 e. The van der Waals surface area contributed by atoms with Crippen LogP contribution in [0.3, 0.4) is 0 Å². The molecule has 5 heteroatoms. The molecule has 0 aliphatic carbocycles. The molecule has 0 radical (unpaired) electrons. The molecule has 0 aliphatic heterocycles. The lowest BCUT2D eigenvalue weighted by atomic mass is 10.3. The van der Waals surface area contributed by atoms with Gasteiger partial charge in [0.25, 0.3) is 0 Å². The van der Waals surface area contributed by atoms with E-state index in [9.17, 15) is 4.39 Å². The third-order valence-electron chi connectivity index (χ3n) is 2.38. The van der Waals surface area contributed by atoms with E-state index in [1.54, 1.807) is 30.3 Å². The molecular formula is C12H14FN3O. The van der Waals surface area contributed by atoms with Crippen molar-refractivity contribution in [2.45, 2.75) is 6.54 Å². The highest BCUT2D eigenvalue weighted by molar-refractivity contribution is 5.55. The first-order valence-electron chi connectivity index (χ1n) is 5.29. The zero-order valence-corrected chi connectivity index (χ0v) is 9.77. The monoisotopic (exact) mass is 235 g/mol. The van der Waals surface area contributed by atoms with Crippen LogP contribution in [0.25, 0.3) is 0 Å². The maximum absolute atomic E-state index is 13.1. The number of benzene rings is 1. The lowest BCUT2D eigenvalue weighted by molar-refractivity contribution is 0.558. The Balaban J connectivity index is 2.21. The summed E-state index contributed by atoms with van der Waals surface area (Å²) >= 11 is 0. The van der Waals surface area contributed by atoms with Gasteiger partial charge in [-0.05, 0) is 25.2 Å². The summed E-state index contributed by atoms with van der Waals surface area (Å²) in [6.07, 6.45) is 1.58. The van der Waals surface area contributed by atoms with Crippen LogP contribution in [0.1, 0.15) is 5.69 Å². The summed E-state index contributed by atoms with van der Waals surface area (Å²) < 4.78 is 18.4. The topological polar surface area (TPSA) is 41.3 Å². The summed E-state index contributed by atoms with van der Waals surface area (Å²) in [4.78, 5) is 5.98. The van der Waals surface area contributed by atoms with Crippen molar-refractivity contribution in [2.24, 2.45) is 0 Å². The lowest BCUT2D eigenvalue weighted by Crippen LogP contribution is -2.11. The summed E-state index contributed by atoms with van der Waals surface area (Å²) in [5.74, 6) is -0.281. The quantitative estimate of drug-likeness (QED) is 0.882. The van der Waals surface area contributed by atoms with E-state index in [1.165, 1.54) is 12.1 Å². The van der Waals surface area contributed by atoms with Crippen molar-refractivity contribution in [3.63, 3.8) is 0 Å². The fraction of sp³-hybridized carbons (Fsp3) is 0.250. The van der Waals surface area contributed by atoms with Gasteiger partial charge in [0.15, 0.2) is 0 Å². The van der Waals surface area contributed by atoms with Gasteiger partial charge in [-0.1, -0.05) is 6.07 Å². The second-order valence-electron chi connectivity index (χ2n) is 3.69. The molecule has 0 atom stereocenters. The third-order valence-corrected chi connectivity index (χ3v) is 2.38. The number of nitrogens with zero attached hydrogens (tertiary/aromatic N) is 2. The summed E-state index contributed by atoms with van der Waals surface area (Å²) in [6.45, 7) is 0.639. The van der Waals surface area contributed by atoms with Crippen molar-refractivity contribution in [1.29, 1.82) is 0 Å². The van der Waals surface area contributed by atoms with E-state index in [1.807, 2.05) is 7.05 Å². The van der Waals surface area contributed by atoms with Gasteiger partial charge in [0.2, 0.25) is 0 Å². The molecule has 1 heterocycles. The van der Waals surface area contributed by atoms with E-state index in [4.69, 9.17) is 4.42 Å². The second kappa shape index (κ2) is 4.97. The van der Waals surface area contributed by atoms with E-state index in [2.05, 4.69) is 10.3 Å². The van der Waals surface area contributed by atoms with Crippen molar-refractivity contribution in [2.75, 3.05) is 19.0 Å². The number of oxazole rings is 1. The molecule has 90 valence electrons. The Bertz CT molecular complexity index is 498. The molecule has 0 aliphatic rings. The molecule has 0 fully saturated rings. The van der Waals surface area contributed by atoms with Crippen molar-refractivity contribution < 1.29 is 8.81 Å². The van der Waals surface area contributed by atoms with Gasteiger partial charge in [0.05, 0.1) is 5.69 Å². The van der Waals surface area contributed by atoms with Crippen LogP contribution in [-0.4, -0.2) is 19.1 Å². The summed E-state index contributed by atoms with van der Waals surface area (Å²) in [5.41, 5.74) is 1.51. The Morgan fingerprint density at radius 1 is 1.47 bits per heavy atom. The normalized spacial score (nSPS) is 10.5. The molecule has 0 amide bonds. The van der Waals surface area contributed by atoms with Gasteiger partial charge >= 0.3 is 6.01 Å². The van der Waals surface area contributed by atoms with Crippen LogP contribution in [0.4, 0.5) is 16.1 Å². The zero-order chi connectivity index (χ0) is 12.3. The number of halogens is 1. The minimum atomic E-state index is -0.281. The summed E-state index contributed by atoms with van der Waals surface area (Å²) in [6, 6.07) is 6.73. The van der Waals surface area contributed by atoms with Gasteiger partial charge in [-0.3, -0.25) is 4.90 Å².